The minimum absolute atomic E-state index is 0.143. The van der Waals surface area contributed by atoms with Crippen LogP contribution in [0.25, 0.3) is 0 Å². The standard InChI is InChI=1S/C20H28ClN5O2/c1-22-19(27)17-16(25-24-14-10-8-13(21)9-11-14)12-26(18(17)20(28)23-2)15-6-4-3-5-7-15/h8-11,15,17-18,24H,3-7,12H2,1-2H3,(H,22,27)(H,23,28)/b25-16-/t17-,18+/m0/s1. The van der Waals surface area contributed by atoms with E-state index in [4.69, 9.17) is 11.6 Å². The van der Waals surface area contributed by atoms with Crippen molar-refractivity contribution in [1.82, 2.24) is 15.5 Å². The summed E-state index contributed by atoms with van der Waals surface area (Å²) in [6, 6.07) is 6.95. The highest BCUT2D eigenvalue weighted by molar-refractivity contribution is 6.30. The van der Waals surface area contributed by atoms with E-state index in [2.05, 4.69) is 26.1 Å². The molecule has 152 valence electrons. The second kappa shape index (κ2) is 9.39. The van der Waals surface area contributed by atoms with E-state index in [1.54, 1.807) is 26.2 Å². The van der Waals surface area contributed by atoms with Gasteiger partial charge in [-0.1, -0.05) is 30.9 Å². The van der Waals surface area contributed by atoms with Gasteiger partial charge in [-0.05, 0) is 37.1 Å². The van der Waals surface area contributed by atoms with E-state index < -0.39 is 12.0 Å². The number of hydrogen-bond acceptors (Lipinski definition) is 5. The summed E-state index contributed by atoms with van der Waals surface area (Å²) in [6.45, 7) is 0.501. The number of hydrogen-bond donors (Lipinski definition) is 3. The summed E-state index contributed by atoms with van der Waals surface area (Å²) >= 11 is 5.93. The van der Waals surface area contributed by atoms with E-state index in [-0.39, 0.29) is 11.8 Å². The Morgan fingerprint density at radius 2 is 1.68 bits per heavy atom. The average molecular weight is 406 g/mol. The van der Waals surface area contributed by atoms with Gasteiger partial charge in [0.1, 0.15) is 12.0 Å². The highest BCUT2D eigenvalue weighted by Gasteiger charge is 2.49. The molecule has 2 aliphatic rings. The molecule has 1 heterocycles. The maximum absolute atomic E-state index is 12.7. The summed E-state index contributed by atoms with van der Waals surface area (Å²) in [6.07, 6.45) is 5.63. The fraction of sp³-hybridized carbons (Fsp3) is 0.550. The smallest absolute Gasteiger partial charge is 0.238 e. The van der Waals surface area contributed by atoms with E-state index in [0.717, 1.165) is 31.4 Å². The predicted octanol–water partition coefficient (Wildman–Crippen LogP) is 2.23. The van der Waals surface area contributed by atoms with Crippen LogP contribution in [0.5, 0.6) is 0 Å². The Hall–Kier alpha value is -2.12. The second-order valence-corrected chi connectivity index (χ2v) is 7.77. The number of nitrogens with one attached hydrogen (secondary N) is 3. The van der Waals surface area contributed by atoms with Gasteiger partial charge in [-0.3, -0.25) is 19.9 Å². The van der Waals surface area contributed by atoms with E-state index in [1.165, 1.54) is 6.42 Å². The van der Waals surface area contributed by atoms with Crippen LogP contribution >= 0.6 is 11.6 Å². The minimum Gasteiger partial charge on any atom is -0.359 e. The number of carbonyl (C=O) groups excluding carboxylic acids is 2. The lowest BCUT2D eigenvalue weighted by molar-refractivity contribution is -0.133. The van der Waals surface area contributed by atoms with E-state index in [9.17, 15) is 9.59 Å². The maximum Gasteiger partial charge on any atom is 0.238 e. The summed E-state index contributed by atoms with van der Waals surface area (Å²) in [5.74, 6) is -0.953. The van der Waals surface area contributed by atoms with Crippen molar-refractivity contribution in [3.8, 4) is 0 Å². The number of hydrazone groups is 1. The molecule has 1 aliphatic heterocycles. The molecule has 0 unspecified atom stereocenters. The molecule has 1 aromatic carbocycles. The number of likely N-dealkylation sites (tertiary alicyclic amines) is 1. The Bertz CT molecular complexity index is 731. The molecule has 7 nitrogen and oxygen atoms in total. The first kappa shape index (κ1) is 20.6. The third kappa shape index (κ3) is 4.47. The second-order valence-electron chi connectivity index (χ2n) is 7.34. The molecular formula is C20H28ClN5O2. The SMILES string of the molecule is CNC(=O)[C@H]1/C(=N\Nc2ccc(Cl)cc2)CN(C2CCCCC2)[C@H]1C(=O)NC. The van der Waals surface area contributed by atoms with Crippen molar-refractivity contribution in [2.24, 2.45) is 11.0 Å². The van der Waals surface area contributed by atoms with Crippen molar-refractivity contribution in [3.05, 3.63) is 29.3 Å². The molecule has 2 fully saturated rings. The summed E-state index contributed by atoms with van der Waals surface area (Å²) < 4.78 is 0. The zero-order valence-corrected chi connectivity index (χ0v) is 17.1. The minimum atomic E-state index is -0.619. The largest absolute Gasteiger partial charge is 0.359 e. The molecule has 1 aliphatic carbocycles. The normalized spacial score (nSPS) is 24.9. The monoisotopic (exact) mass is 405 g/mol. The van der Waals surface area contributed by atoms with Crippen molar-refractivity contribution < 1.29 is 9.59 Å². The third-order valence-electron chi connectivity index (χ3n) is 5.64. The zero-order chi connectivity index (χ0) is 20.1. The molecule has 0 aromatic heterocycles. The van der Waals surface area contributed by atoms with Crippen molar-refractivity contribution in [1.29, 1.82) is 0 Å². The Kier molecular flexibility index (Phi) is 6.91. The molecule has 1 aromatic rings. The van der Waals surface area contributed by atoms with Crippen LogP contribution in [0, 0.1) is 5.92 Å². The van der Waals surface area contributed by atoms with E-state index >= 15 is 0 Å². The lowest BCUT2D eigenvalue weighted by Gasteiger charge is -2.35. The Morgan fingerprint density at radius 1 is 1.04 bits per heavy atom. The van der Waals surface area contributed by atoms with Gasteiger partial charge in [-0.25, -0.2) is 0 Å². The number of nitrogens with zero attached hydrogens (tertiary/aromatic N) is 2. The summed E-state index contributed by atoms with van der Waals surface area (Å²) in [7, 11) is 3.21. The molecule has 3 rings (SSSR count). The van der Waals surface area contributed by atoms with Crippen LogP contribution in [0.4, 0.5) is 5.69 Å². The quantitative estimate of drug-likeness (QED) is 0.656. The number of anilines is 1. The number of likely N-dealkylation sites (N-methyl/N-ethyl adjacent to an activating group) is 1. The lowest BCUT2D eigenvalue weighted by Crippen LogP contribution is -2.52. The van der Waals surface area contributed by atoms with Crippen LogP contribution < -0.4 is 16.1 Å². The highest BCUT2D eigenvalue weighted by Crippen LogP contribution is 2.32. The molecule has 1 saturated carbocycles. The zero-order valence-electron chi connectivity index (χ0n) is 16.4. The van der Waals surface area contributed by atoms with Gasteiger partial charge >= 0.3 is 0 Å². The molecule has 28 heavy (non-hydrogen) atoms. The molecule has 2 atom stereocenters. The fourth-order valence-electron chi connectivity index (χ4n) is 4.19. The fourth-order valence-corrected chi connectivity index (χ4v) is 4.32. The molecular weight excluding hydrogens is 378 g/mol. The van der Waals surface area contributed by atoms with Crippen molar-refractivity contribution >= 4 is 34.8 Å². The van der Waals surface area contributed by atoms with E-state index in [1.807, 2.05) is 12.1 Å². The predicted molar refractivity (Wildman–Crippen MR) is 112 cm³/mol. The van der Waals surface area contributed by atoms with Crippen molar-refractivity contribution in [2.45, 2.75) is 44.2 Å². The Labute approximate surface area is 170 Å². The Balaban J connectivity index is 1.90. The van der Waals surface area contributed by atoms with Crippen molar-refractivity contribution in [2.75, 3.05) is 26.1 Å². The molecule has 1 saturated heterocycles. The molecule has 3 N–H and O–H groups in total. The summed E-state index contributed by atoms with van der Waals surface area (Å²) in [4.78, 5) is 27.6. The van der Waals surface area contributed by atoms with Gasteiger partial charge < -0.3 is 10.6 Å². The van der Waals surface area contributed by atoms with Crippen LogP contribution in [-0.4, -0.2) is 55.1 Å². The van der Waals surface area contributed by atoms with Gasteiger partial charge in [0, 0.05) is 31.7 Å². The van der Waals surface area contributed by atoms with Gasteiger partial charge in [0.25, 0.3) is 0 Å². The lowest BCUT2D eigenvalue weighted by atomic mass is 9.92. The van der Waals surface area contributed by atoms with Gasteiger partial charge in [-0.15, -0.1) is 0 Å². The number of rotatable bonds is 5. The average Bonchev–Trinajstić information content (AvgIpc) is 3.12. The van der Waals surface area contributed by atoms with Gasteiger partial charge in [0.2, 0.25) is 11.8 Å². The molecule has 0 spiro atoms. The molecule has 2 amide bonds. The number of benzene rings is 1. The molecule has 8 heteroatoms. The van der Waals surface area contributed by atoms with Gasteiger partial charge in [0.15, 0.2) is 0 Å². The van der Waals surface area contributed by atoms with Crippen LogP contribution in [0.3, 0.4) is 0 Å². The maximum atomic E-state index is 12.7. The number of halogens is 1. The first-order valence-electron chi connectivity index (χ1n) is 9.82. The number of carbonyl (C=O) groups is 2. The number of amides is 2. The van der Waals surface area contributed by atoms with E-state index in [0.29, 0.717) is 23.3 Å². The topological polar surface area (TPSA) is 85.8 Å². The van der Waals surface area contributed by atoms with Crippen LogP contribution in [-0.2, 0) is 9.59 Å². The van der Waals surface area contributed by atoms with Crippen LogP contribution in [0.15, 0.2) is 29.4 Å². The summed E-state index contributed by atoms with van der Waals surface area (Å²) in [5, 5.41) is 10.6. The molecule has 0 bridgehead atoms. The first-order chi connectivity index (χ1) is 13.5. The van der Waals surface area contributed by atoms with Gasteiger partial charge in [0.05, 0.1) is 11.4 Å². The van der Waals surface area contributed by atoms with Crippen LogP contribution in [0.2, 0.25) is 5.02 Å². The Morgan fingerprint density at radius 3 is 2.29 bits per heavy atom. The van der Waals surface area contributed by atoms with Gasteiger partial charge in [-0.2, -0.15) is 5.10 Å². The van der Waals surface area contributed by atoms with Crippen LogP contribution in [0.1, 0.15) is 32.1 Å². The third-order valence-corrected chi connectivity index (χ3v) is 5.89. The van der Waals surface area contributed by atoms with Crippen molar-refractivity contribution in [3.63, 3.8) is 0 Å². The first-order valence-corrected chi connectivity index (χ1v) is 10.2. The highest BCUT2D eigenvalue weighted by atomic mass is 35.5. The molecule has 0 radical (unpaired) electrons. The summed E-state index contributed by atoms with van der Waals surface area (Å²) in [5.41, 5.74) is 4.47.